The van der Waals surface area contributed by atoms with Gasteiger partial charge in [0.15, 0.2) is 0 Å². The second-order valence-electron chi connectivity index (χ2n) is 2.22. The van der Waals surface area contributed by atoms with Gasteiger partial charge >= 0.3 is 7.82 Å². The highest BCUT2D eigenvalue weighted by Gasteiger charge is 2.19. The van der Waals surface area contributed by atoms with Gasteiger partial charge < -0.3 is 4.89 Å². The van der Waals surface area contributed by atoms with Crippen LogP contribution in [-0.4, -0.2) is 28.8 Å². The number of phosphoric acid groups is 1. The van der Waals surface area contributed by atoms with Crippen LogP contribution in [0.1, 0.15) is 12.8 Å². The first-order valence-electron chi connectivity index (χ1n) is 3.86. The van der Waals surface area contributed by atoms with Crippen LogP contribution in [0.3, 0.4) is 0 Å². The molecule has 0 aromatic carbocycles. The molecule has 0 spiro atoms. The molecule has 0 aliphatic rings. The summed E-state index contributed by atoms with van der Waals surface area (Å²) in [5.74, 6) is 0. The molecule has 0 bridgehead atoms. The lowest BCUT2D eigenvalue weighted by Gasteiger charge is -2.10. The Bertz CT molecular complexity index is 153. The summed E-state index contributed by atoms with van der Waals surface area (Å²) < 4.78 is 20.4. The molecule has 0 aliphatic heterocycles. The fourth-order valence-corrected chi connectivity index (χ4v) is 1.76. The first-order valence-corrected chi connectivity index (χ1v) is 7.60. The topological polar surface area (TPSA) is 55.8 Å². The summed E-state index contributed by atoms with van der Waals surface area (Å²) in [5.41, 5.74) is 0. The van der Waals surface area contributed by atoms with E-state index in [0.717, 1.165) is 10.7 Å². The van der Waals surface area contributed by atoms with Crippen LogP contribution in [-0.2, 0) is 13.6 Å². The van der Waals surface area contributed by atoms with E-state index in [2.05, 4.69) is 40.9 Å². The fourth-order valence-electron chi connectivity index (χ4n) is 0.506. The SMILES string of the molecule is O=P(O)(OCCCBr)OCCCBr. The van der Waals surface area contributed by atoms with Gasteiger partial charge in [0.05, 0.1) is 13.2 Å². The highest BCUT2D eigenvalue weighted by Crippen LogP contribution is 2.43. The molecule has 0 unspecified atom stereocenters. The van der Waals surface area contributed by atoms with Crippen molar-refractivity contribution in [3.63, 3.8) is 0 Å². The number of rotatable bonds is 8. The van der Waals surface area contributed by atoms with Crippen molar-refractivity contribution in [2.24, 2.45) is 0 Å². The lowest BCUT2D eigenvalue weighted by molar-refractivity contribution is 0.150. The monoisotopic (exact) mass is 338 g/mol. The normalized spacial score (nSPS) is 11.9. The maximum absolute atomic E-state index is 11.0. The van der Waals surface area contributed by atoms with Crippen molar-refractivity contribution in [3.8, 4) is 0 Å². The van der Waals surface area contributed by atoms with E-state index in [-0.39, 0.29) is 13.2 Å². The Balaban J connectivity index is 3.49. The number of halogens is 2. The van der Waals surface area contributed by atoms with E-state index in [9.17, 15) is 4.57 Å². The van der Waals surface area contributed by atoms with Crippen LogP contribution >= 0.6 is 39.7 Å². The molecule has 0 heterocycles. The van der Waals surface area contributed by atoms with E-state index in [4.69, 9.17) is 4.89 Å². The Morgan fingerprint density at radius 3 is 1.77 bits per heavy atom. The van der Waals surface area contributed by atoms with Gasteiger partial charge in [-0.05, 0) is 12.8 Å². The van der Waals surface area contributed by atoms with Crippen LogP contribution < -0.4 is 0 Å². The van der Waals surface area contributed by atoms with E-state index in [1.54, 1.807) is 0 Å². The van der Waals surface area contributed by atoms with Gasteiger partial charge in [-0.25, -0.2) is 4.57 Å². The molecule has 0 aromatic heterocycles. The van der Waals surface area contributed by atoms with Crippen LogP contribution in [0.15, 0.2) is 0 Å². The quantitative estimate of drug-likeness (QED) is 0.419. The lowest BCUT2D eigenvalue weighted by atomic mass is 10.5. The Morgan fingerprint density at radius 2 is 1.46 bits per heavy atom. The van der Waals surface area contributed by atoms with Crippen LogP contribution in [0.25, 0.3) is 0 Å². The third-order valence-electron chi connectivity index (χ3n) is 1.06. The first-order chi connectivity index (χ1) is 6.12. The maximum Gasteiger partial charge on any atom is 0.472 e. The summed E-state index contributed by atoms with van der Waals surface area (Å²) in [5, 5.41) is 1.49. The predicted octanol–water partition coefficient (Wildman–Crippen LogP) is 2.69. The fraction of sp³-hybridized carbons (Fsp3) is 1.00. The van der Waals surface area contributed by atoms with Crippen molar-refractivity contribution in [2.45, 2.75) is 12.8 Å². The number of alkyl halides is 2. The number of hydrogen-bond donors (Lipinski definition) is 1. The summed E-state index contributed by atoms with van der Waals surface area (Å²) in [6.45, 7) is 0.459. The molecule has 0 radical (unpaired) electrons. The van der Waals surface area contributed by atoms with Crippen LogP contribution in [0.4, 0.5) is 0 Å². The third kappa shape index (κ3) is 9.38. The maximum atomic E-state index is 11.0. The Kier molecular flexibility index (Phi) is 9.07. The molecule has 0 aliphatic carbocycles. The van der Waals surface area contributed by atoms with Crippen LogP contribution in [0.2, 0.25) is 0 Å². The zero-order valence-electron chi connectivity index (χ0n) is 7.12. The van der Waals surface area contributed by atoms with Gasteiger partial charge in [-0.2, -0.15) is 0 Å². The molecule has 0 aromatic rings. The minimum atomic E-state index is -3.79. The van der Waals surface area contributed by atoms with E-state index in [1.807, 2.05) is 0 Å². The van der Waals surface area contributed by atoms with Crippen molar-refractivity contribution < 1.29 is 18.5 Å². The number of phosphoric ester groups is 1. The largest absolute Gasteiger partial charge is 0.472 e. The first kappa shape index (κ1) is 14.1. The average Bonchev–Trinajstić information content (AvgIpc) is 2.05. The zero-order valence-corrected chi connectivity index (χ0v) is 11.2. The van der Waals surface area contributed by atoms with Gasteiger partial charge in [-0.15, -0.1) is 0 Å². The molecule has 80 valence electrons. The smallest absolute Gasteiger partial charge is 0.302 e. The average molecular weight is 340 g/mol. The van der Waals surface area contributed by atoms with E-state index in [1.165, 1.54) is 0 Å². The Labute approximate surface area is 94.9 Å². The van der Waals surface area contributed by atoms with Crippen LogP contribution in [0, 0.1) is 0 Å². The van der Waals surface area contributed by atoms with Crippen molar-refractivity contribution in [1.29, 1.82) is 0 Å². The molecule has 1 N–H and O–H groups in total. The minimum absolute atomic E-state index is 0.230. The van der Waals surface area contributed by atoms with Gasteiger partial charge in [0.2, 0.25) is 0 Å². The minimum Gasteiger partial charge on any atom is -0.302 e. The summed E-state index contributed by atoms with van der Waals surface area (Å²) in [7, 11) is -3.79. The van der Waals surface area contributed by atoms with E-state index < -0.39 is 7.82 Å². The standard InChI is InChI=1S/C6H13Br2O4P/c7-3-1-5-11-13(9,10)12-6-2-4-8/h1-6H2,(H,9,10). The summed E-state index contributed by atoms with van der Waals surface area (Å²) in [4.78, 5) is 9.05. The molecule has 0 saturated carbocycles. The summed E-state index contributed by atoms with van der Waals surface area (Å²) in [6.07, 6.45) is 1.37. The number of hydrogen-bond acceptors (Lipinski definition) is 3. The van der Waals surface area contributed by atoms with Crippen molar-refractivity contribution >= 4 is 39.7 Å². The molecule has 7 heteroatoms. The van der Waals surface area contributed by atoms with Gasteiger partial charge in [-0.1, -0.05) is 31.9 Å². The molecule has 0 saturated heterocycles. The van der Waals surface area contributed by atoms with Crippen molar-refractivity contribution in [1.82, 2.24) is 0 Å². The molecular weight excluding hydrogens is 327 g/mol. The summed E-state index contributed by atoms with van der Waals surface area (Å²) >= 11 is 6.37. The second kappa shape index (κ2) is 8.38. The Morgan fingerprint density at radius 1 is 1.08 bits per heavy atom. The molecule has 13 heavy (non-hydrogen) atoms. The molecular formula is C6H13Br2O4P. The van der Waals surface area contributed by atoms with Crippen LogP contribution in [0.5, 0.6) is 0 Å². The zero-order chi connectivity index (χ0) is 10.2. The molecule has 4 nitrogen and oxygen atoms in total. The van der Waals surface area contributed by atoms with Crippen molar-refractivity contribution in [3.05, 3.63) is 0 Å². The van der Waals surface area contributed by atoms with Gasteiger partial charge in [0, 0.05) is 10.7 Å². The van der Waals surface area contributed by atoms with Gasteiger partial charge in [0.1, 0.15) is 0 Å². The highest BCUT2D eigenvalue weighted by atomic mass is 79.9. The van der Waals surface area contributed by atoms with Gasteiger partial charge in [-0.3, -0.25) is 9.05 Å². The second-order valence-corrected chi connectivity index (χ2v) is 5.26. The highest BCUT2D eigenvalue weighted by molar-refractivity contribution is 9.09. The third-order valence-corrected chi connectivity index (χ3v) is 3.20. The van der Waals surface area contributed by atoms with E-state index in [0.29, 0.717) is 12.8 Å². The molecule has 0 atom stereocenters. The summed E-state index contributed by atoms with van der Waals surface area (Å²) in [6, 6.07) is 0. The Hall–Kier alpha value is 1.07. The lowest BCUT2D eigenvalue weighted by Crippen LogP contribution is -1.99. The predicted molar refractivity (Wildman–Crippen MR) is 58.6 cm³/mol. The molecule has 0 fully saturated rings. The molecule has 0 amide bonds. The van der Waals surface area contributed by atoms with E-state index >= 15 is 0 Å². The van der Waals surface area contributed by atoms with Gasteiger partial charge in [0.25, 0.3) is 0 Å². The molecule has 0 rings (SSSR count). The van der Waals surface area contributed by atoms with Crippen molar-refractivity contribution in [2.75, 3.05) is 23.9 Å².